The van der Waals surface area contributed by atoms with Crippen LogP contribution in [0, 0.1) is 6.92 Å². The fourth-order valence-corrected chi connectivity index (χ4v) is 1.18. The average molecular weight is 222 g/mol. The predicted molar refractivity (Wildman–Crippen MR) is 52.1 cm³/mol. The smallest absolute Gasteiger partial charge is 0.334 e. The maximum atomic E-state index is 11.1. The molecule has 0 N–H and O–H groups in total. The van der Waals surface area contributed by atoms with Crippen LogP contribution in [-0.4, -0.2) is 26.3 Å². The molecule has 0 spiro atoms. The minimum absolute atomic E-state index is 0.254. The Bertz CT molecular complexity index is 502. The van der Waals surface area contributed by atoms with E-state index in [1.165, 1.54) is 6.26 Å². The summed E-state index contributed by atoms with van der Waals surface area (Å²) in [6.45, 7) is 3.46. The first-order valence-corrected chi connectivity index (χ1v) is 4.76. The molecule has 7 heteroatoms. The van der Waals surface area contributed by atoms with Gasteiger partial charge in [0.1, 0.15) is 5.76 Å². The molecule has 0 saturated carbocycles. The maximum Gasteiger partial charge on any atom is 0.334 e. The van der Waals surface area contributed by atoms with Crippen LogP contribution in [0.4, 0.5) is 0 Å². The van der Waals surface area contributed by atoms with Crippen molar-refractivity contribution < 1.29 is 14.0 Å². The van der Waals surface area contributed by atoms with Crippen molar-refractivity contribution in [1.82, 2.24) is 20.4 Å². The van der Waals surface area contributed by atoms with Gasteiger partial charge in [0.2, 0.25) is 5.82 Å². The van der Waals surface area contributed by atoms with Crippen LogP contribution < -0.4 is 4.84 Å². The normalized spacial score (nSPS) is 10.4. The summed E-state index contributed by atoms with van der Waals surface area (Å²) >= 11 is 0. The molecule has 0 aliphatic carbocycles. The third-order valence-electron chi connectivity index (χ3n) is 2.02. The number of aromatic nitrogens is 4. The van der Waals surface area contributed by atoms with Crippen molar-refractivity contribution >= 4 is 5.97 Å². The van der Waals surface area contributed by atoms with Crippen LogP contribution in [0.2, 0.25) is 0 Å². The monoisotopic (exact) mass is 222 g/mol. The Morgan fingerprint density at radius 1 is 1.62 bits per heavy atom. The number of hydrogen-bond acceptors (Lipinski definition) is 6. The summed E-state index contributed by atoms with van der Waals surface area (Å²) in [4.78, 5) is 17.0. The molecule has 0 unspecified atom stereocenters. The van der Waals surface area contributed by atoms with E-state index in [0.29, 0.717) is 17.1 Å². The fourth-order valence-electron chi connectivity index (χ4n) is 1.18. The van der Waals surface area contributed by atoms with Crippen LogP contribution in [0.5, 0.6) is 0 Å². The molecule has 2 aromatic rings. The number of carbonyl (C=O) groups excluding carboxylic acids is 1. The molecule has 0 aliphatic heterocycles. The van der Waals surface area contributed by atoms with E-state index >= 15 is 0 Å². The summed E-state index contributed by atoms with van der Waals surface area (Å²) in [6, 6.07) is 1.71. The SMILES string of the molecule is CCC(=O)On1nnnc1-c1ccoc1C. The van der Waals surface area contributed by atoms with Crippen LogP contribution in [0.1, 0.15) is 19.1 Å². The minimum Gasteiger partial charge on any atom is -0.469 e. The molecule has 2 rings (SSSR count). The molecular weight excluding hydrogens is 212 g/mol. The number of tetrazole rings is 1. The molecule has 2 aromatic heterocycles. The zero-order valence-corrected chi connectivity index (χ0v) is 8.88. The van der Waals surface area contributed by atoms with Crippen molar-refractivity contribution in [2.75, 3.05) is 0 Å². The van der Waals surface area contributed by atoms with E-state index in [1.54, 1.807) is 19.9 Å². The van der Waals surface area contributed by atoms with Crippen molar-refractivity contribution in [2.24, 2.45) is 0 Å². The lowest BCUT2D eigenvalue weighted by Gasteiger charge is -2.02. The molecule has 0 bridgehead atoms. The Morgan fingerprint density at radius 3 is 3.06 bits per heavy atom. The van der Waals surface area contributed by atoms with Crippen LogP contribution >= 0.6 is 0 Å². The lowest BCUT2D eigenvalue weighted by atomic mass is 10.2. The Labute approximate surface area is 91.0 Å². The topological polar surface area (TPSA) is 83.0 Å². The van der Waals surface area contributed by atoms with Gasteiger partial charge in [0, 0.05) is 6.42 Å². The zero-order valence-electron chi connectivity index (χ0n) is 8.88. The van der Waals surface area contributed by atoms with Gasteiger partial charge >= 0.3 is 5.97 Å². The first-order chi connectivity index (χ1) is 7.72. The Hall–Kier alpha value is -2.18. The van der Waals surface area contributed by atoms with Gasteiger partial charge in [-0.1, -0.05) is 6.92 Å². The summed E-state index contributed by atoms with van der Waals surface area (Å²) < 4.78 is 5.13. The van der Waals surface area contributed by atoms with Gasteiger partial charge < -0.3 is 9.25 Å². The molecule has 0 aromatic carbocycles. The van der Waals surface area contributed by atoms with Gasteiger partial charge in [0.15, 0.2) is 0 Å². The molecule has 0 amide bonds. The van der Waals surface area contributed by atoms with Crippen molar-refractivity contribution in [3.8, 4) is 11.4 Å². The van der Waals surface area contributed by atoms with Gasteiger partial charge in [0.05, 0.1) is 11.8 Å². The highest BCUT2D eigenvalue weighted by molar-refractivity contribution is 5.69. The van der Waals surface area contributed by atoms with Gasteiger partial charge in [0.25, 0.3) is 0 Å². The number of rotatable bonds is 3. The Kier molecular flexibility index (Phi) is 2.67. The molecule has 0 fully saturated rings. The third-order valence-corrected chi connectivity index (χ3v) is 2.02. The lowest BCUT2D eigenvalue weighted by molar-refractivity contribution is -0.145. The molecule has 7 nitrogen and oxygen atoms in total. The molecule has 0 atom stereocenters. The quantitative estimate of drug-likeness (QED) is 0.707. The second-order valence-corrected chi connectivity index (χ2v) is 3.08. The number of hydrogen-bond donors (Lipinski definition) is 0. The van der Waals surface area contributed by atoms with Crippen molar-refractivity contribution in [1.29, 1.82) is 0 Å². The van der Waals surface area contributed by atoms with E-state index in [1.807, 2.05) is 0 Å². The Balaban J connectivity index is 2.33. The molecule has 2 heterocycles. The first kappa shape index (κ1) is 10.3. The molecule has 84 valence electrons. The van der Waals surface area contributed by atoms with Gasteiger partial charge in [-0.25, -0.2) is 4.79 Å². The second kappa shape index (κ2) is 4.13. The summed E-state index contributed by atoms with van der Waals surface area (Å²) in [5, 5.41) is 10.8. The first-order valence-electron chi connectivity index (χ1n) is 4.76. The van der Waals surface area contributed by atoms with Crippen LogP contribution in [0.25, 0.3) is 11.4 Å². The van der Waals surface area contributed by atoms with Crippen LogP contribution in [-0.2, 0) is 4.79 Å². The van der Waals surface area contributed by atoms with Crippen LogP contribution in [0.15, 0.2) is 16.7 Å². The Morgan fingerprint density at radius 2 is 2.44 bits per heavy atom. The van der Waals surface area contributed by atoms with E-state index in [-0.39, 0.29) is 6.42 Å². The van der Waals surface area contributed by atoms with E-state index in [0.717, 1.165) is 4.85 Å². The fraction of sp³-hybridized carbons (Fsp3) is 0.333. The maximum absolute atomic E-state index is 11.1. The second-order valence-electron chi connectivity index (χ2n) is 3.08. The summed E-state index contributed by atoms with van der Waals surface area (Å²) in [5.74, 6) is 0.589. The standard InChI is InChI=1S/C9H10N4O3/c1-3-8(14)16-13-9(10-11-12-13)7-4-5-15-6(7)2/h4-5H,3H2,1-2H3. The summed E-state index contributed by atoms with van der Waals surface area (Å²) in [5.41, 5.74) is 0.689. The van der Waals surface area contributed by atoms with E-state index in [4.69, 9.17) is 9.25 Å². The van der Waals surface area contributed by atoms with Gasteiger partial charge in [-0.05, 0) is 28.3 Å². The predicted octanol–water partition coefficient (Wildman–Crippen LogP) is 0.607. The highest BCUT2D eigenvalue weighted by Gasteiger charge is 2.16. The molecular formula is C9H10N4O3. The molecule has 0 radical (unpaired) electrons. The van der Waals surface area contributed by atoms with Gasteiger partial charge in [-0.3, -0.25) is 0 Å². The average Bonchev–Trinajstić information content (AvgIpc) is 2.86. The molecule has 0 saturated heterocycles. The van der Waals surface area contributed by atoms with E-state index in [2.05, 4.69) is 15.5 Å². The van der Waals surface area contributed by atoms with Crippen LogP contribution in [0.3, 0.4) is 0 Å². The van der Waals surface area contributed by atoms with Gasteiger partial charge in [-0.15, -0.1) is 5.10 Å². The largest absolute Gasteiger partial charge is 0.469 e. The van der Waals surface area contributed by atoms with Crippen molar-refractivity contribution in [2.45, 2.75) is 20.3 Å². The molecule has 16 heavy (non-hydrogen) atoms. The number of furan rings is 1. The summed E-state index contributed by atoms with van der Waals surface area (Å²) in [7, 11) is 0. The number of carbonyl (C=O) groups is 1. The summed E-state index contributed by atoms with van der Waals surface area (Å²) in [6.07, 6.45) is 1.77. The molecule has 0 aliphatic rings. The van der Waals surface area contributed by atoms with E-state index < -0.39 is 5.97 Å². The van der Waals surface area contributed by atoms with Gasteiger partial charge in [-0.2, -0.15) is 0 Å². The lowest BCUT2D eigenvalue weighted by Crippen LogP contribution is -2.21. The van der Waals surface area contributed by atoms with E-state index in [9.17, 15) is 4.79 Å². The van der Waals surface area contributed by atoms with Crippen molar-refractivity contribution in [3.63, 3.8) is 0 Å². The highest BCUT2D eigenvalue weighted by Crippen LogP contribution is 2.20. The highest BCUT2D eigenvalue weighted by atomic mass is 16.7. The zero-order chi connectivity index (χ0) is 11.5. The van der Waals surface area contributed by atoms with Crippen molar-refractivity contribution in [3.05, 3.63) is 18.1 Å². The number of nitrogens with zero attached hydrogens (tertiary/aromatic N) is 4. The minimum atomic E-state index is -0.408. The third kappa shape index (κ3) is 1.79. The number of aryl methyl sites for hydroxylation is 1.